The lowest BCUT2D eigenvalue weighted by Crippen LogP contribution is -2.53. The van der Waals surface area contributed by atoms with Gasteiger partial charge in [-0.25, -0.2) is 0 Å². The third kappa shape index (κ3) is 6.78. The summed E-state index contributed by atoms with van der Waals surface area (Å²) in [6.45, 7) is 10.0. The van der Waals surface area contributed by atoms with Gasteiger partial charge >= 0.3 is 5.97 Å². The molecule has 0 aromatic heterocycles. The van der Waals surface area contributed by atoms with Crippen LogP contribution in [0.5, 0.6) is 0 Å². The number of carbonyl (C=O) groups excluding carboxylic acids is 4. The first-order chi connectivity index (χ1) is 18.6. The van der Waals surface area contributed by atoms with Crippen LogP contribution in [0, 0.1) is 17.8 Å². The average Bonchev–Trinajstić information content (AvgIpc) is 3.45. The highest BCUT2D eigenvalue weighted by molar-refractivity contribution is 5.98. The van der Waals surface area contributed by atoms with E-state index in [9.17, 15) is 19.2 Å². The van der Waals surface area contributed by atoms with E-state index in [0.29, 0.717) is 26.1 Å². The number of rotatable bonds is 5. The monoisotopic (exact) mass is 538 g/mol. The van der Waals surface area contributed by atoms with Crippen LogP contribution in [0.15, 0.2) is 36.9 Å². The summed E-state index contributed by atoms with van der Waals surface area (Å²) in [5.41, 5.74) is 1.32. The number of nitrogens with one attached hydrogen (secondary N) is 1. The highest BCUT2D eigenvalue weighted by Gasteiger charge is 2.58. The maximum absolute atomic E-state index is 13.9. The molecule has 1 aromatic carbocycles. The van der Waals surface area contributed by atoms with Crippen molar-refractivity contribution in [1.82, 2.24) is 10.2 Å². The summed E-state index contributed by atoms with van der Waals surface area (Å²) in [7, 11) is 0. The van der Waals surface area contributed by atoms with Crippen molar-refractivity contribution in [2.75, 3.05) is 13.2 Å². The maximum Gasteiger partial charge on any atom is 0.306 e. The van der Waals surface area contributed by atoms with Crippen LogP contribution in [-0.2, 0) is 41.7 Å². The normalized spacial score (nSPS) is 30.2. The maximum atomic E-state index is 13.9. The van der Waals surface area contributed by atoms with Crippen LogP contribution >= 0.6 is 0 Å². The third-order valence-electron chi connectivity index (χ3n) is 8.48. The van der Waals surface area contributed by atoms with E-state index in [1.807, 2.05) is 26.0 Å². The zero-order chi connectivity index (χ0) is 28.2. The minimum absolute atomic E-state index is 0.0344. The molecule has 1 aromatic rings. The predicted molar refractivity (Wildman–Crippen MR) is 146 cm³/mol. The number of nitrogens with zero attached hydrogens (tertiary/aromatic N) is 1. The van der Waals surface area contributed by atoms with Gasteiger partial charge in [0, 0.05) is 18.9 Å². The number of hydrogen-bond donors (Lipinski definition) is 1. The Balaban J connectivity index is 1.58. The summed E-state index contributed by atoms with van der Waals surface area (Å²) < 4.78 is 11.7. The SMILES string of the molecule is C=C[C@@H]1C[C@]1(NC(=O)[C@@H]1C[C@@H]2CN1C(=O)[C@H](C(C)C)CC(=O)OCCCCCc1cccc(c1)CO2)C(C)=O. The van der Waals surface area contributed by atoms with Gasteiger partial charge in [-0.05, 0) is 56.1 Å². The number of ether oxygens (including phenoxy) is 2. The molecule has 2 heterocycles. The fraction of sp³-hybridized carbons (Fsp3) is 0.613. The molecule has 3 aliphatic rings. The number of esters is 1. The first-order valence-corrected chi connectivity index (χ1v) is 14.3. The molecule has 39 heavy (non-hydrogen) atoms. The molecule has 8 nitrogen and oxygen atoms in total. The first kappa shape index (κ1) is 29.0. The molecule has 8 heteroatoms. The summed E-state index contributed by atoms with van der Waals surface area (Å²) in [4.78, 5) is 54.1. The van der Waals surface area contributed by atoms with Gasteiger partial charge in [-0.2, -0.15) is 0 Å². The minimum atomic E-state index is -0.958. The molecule has 4 rings (SSSR count). The number of ketones is 1. The van der Waals surface area contributed by atoms with Crippen LogP contribution in [0.25, 0.3) is 0 Å². The molecule has 1 aliphatic carbocycles. The molecular weight excluding hydrogens is 496 g/mol. The first-order valence-electron chi connectivity index (χ1n) is 14.3. The molecule has 0 spiro atoms. The summed E-state index contributed by atoms with van der Waals surface area (Å²) in [6, 6.07) is 7.49. The summed E-state index contributed by atoms with van der Waals surface area (Å²) in [6.07, 6.45) is 5.79. The zero-order valence-corrected chi connectivity index (χ0v) is 23.4. The van der Waals surface area contributed by atoms with Gasteiger partial charge in [0.2, 0.25) is 11.8 Å². The van der Waals surface area contributed by atoms with Gasteiger partial charge in [0.05, 0.1) is 31.7 Å². The fourth-order valence-corrected chi connectivity index (χ4v) is 5.87. The highest BCUT2D eigenvalue weighted by Crippen LogP contribution is 2.45. The highest BCUT2D eigenvalue weighted by atomic mass is 16.5. The van der Waals surface area contributed by atoms with Gasteiger partial charge < -0.3 is 19.7 Å². The number of amides is 2. The van der Waals surface area contributed by atoms with E-state index in [0.717, 1.165) is 31.2 Å². The van der Waals surface area contributed by atoms with Gasteiger partial charge in [0.25, 0.3) is 0 Å². The van der Waals surface area contributed by atoms with Crippen LogP contribution in [-0.4, -0.2) is 59.3 Å². The lowest BCUT2D eigenvalue weighted by atomic mass is 9.90. The Labute approximate surface area is 231 Å². The van der Waals surface area contributed by atoms with Gasteiger partial charge in [-0.1, -0.05) is 44.2 Å². The second-order valence-corrected chi connectivity index (χ2v) is 11.6. The number of cyclic esters (lactones) is 1. The number of hydrogen-bond acceptors (Lipinski definition) is 6. The van der Waals surface area contributed by atoms with Crippen molar-refractivity contribution >= 4 is 23.6 Å². The predicted octanol–water partition coefficient (Wildman–Crippen LogP) is 3.75. The largest absolute Gasteiger partial charge is 0.466 e. The second-order valence-electron chi connectivity index (χ2n) is 11.6. The van der Waals surface area contributed by atoms with Crippen LogP contribution in [0.3, 0.4) is 0 Å². The van der Waals surface area contributed by atoms with E-state index < -0.39 is 23.5 Å². The number of aryl methyl sites for hydroxylation is 1. The van der Waals surface area contributed by atoms with E-state index in [1.54, 1.807) is 11.0 Å². The van der Waals surface area contributed by atoms with Gasteiger partial charge in [-0.3, -0.25) is 19.2 Å². The second kappa shape index (κ2) is 12.5. The van der Waals surface area contributed by atoms with Crippen molar-refractivity contribution in [1.29, 1.82) is 0 Å². The van der Waals surface area contributed by atoms with E-state index in [-0.39, 0.29) is 48.5 Å². The van der Waals surface area contributed by atoms with Crippen LogP contribution in [0.1, 0.15) is 70.4 Å². The molecule has 1 saturated carbocycles. The number of carbonyl (C=O) groups is 4. The summed E-state index contributed by atoms with van der Waals surface area (Å²) in [5.74, 6) is -2.01. The van der Waals surface area contributed by atoms with Crippen LogP contribution in [0.2, 0.25) is 0 Å². The summed E-state index contributed by atoms with van der Waals surface area (Å²) >= 11 is 0. The molecule has 212 valence electrons. The van der Waals surface area contributed by atoms with Crippen molar-refractivity contribution in [3.05, 3.63) is 48.0 Å². The lowest BCUT2D eigenvalue weighted by Gasteiger charge is -2.30. The molecule has 2 amide bonds. The molecule has 2 fully saturated rings. The fourth-order valence-electron chi connectivity index (χ4n) is 5.87. The van der Waals surface area contributed by atoms with Gasteiger partial charge in [-0.15, -0.1) is 6.58 Å². The topological polar surface area (TPSA) is 102 Å². The Bertz CT molecular complexity index is 1100. The quantitative estimate of drug-likeness (QED) is 0.453. The minimum Gasteiger partial charge on any atom is -0.466 e. The van der Waals surface area contributed by atoms with Crippen molar-refractivity contribution in [2.24, 2.45) is 17.8 Å². The van der Waals surface area contributed by atoms with E-state index >= 15 is 0 Å². The van der Waals surface area contributed by atoms with Gasteiger partial charge in [0.15, 0.2) is 5.78 Å². The third-order valence-corrected chi connectivity index (χ3v) is 8.48. The Morgan fingerprint density at radius 1 is 1.18 bits per heavy atom. The molecular formula is C31H42N2O6. The number of fused-ring (bicyclic) bond motifs is 4. The zero-order valence-electron chi connectivity index (χ0n) is 23.4. The molecule has 1 N–H and O–H groups in total. The molecule has 1 saturated heterocycles. The van der Waals surface area contributed by atoms with E-state index in [4.69, 9.17) is 9.47 Å². The average molecular weight is 539 g/mol. The summed E-state index contributed by atoms with van der Waals surface area (Å²) in [5, 5.41) is 2.95. The smallest absolute Gasteiger partial charge is 0.306 e. The van der Waals surface area contributed by atoms with Crippen molar-refractivity contribution < 1.29 is 28.7 Å². The Morgan fingerprint density at radius 2 is 1.95 bits per heavy atom. The van der Waals surface area contributed by atoms with Crippen molar-refractivity contribution in [2.45, 2.75) is 90.0 Å². The Hall–Kier alpha value is -3.00. The standard InChI is InChI=1S/C31H42N2O6/c1-5-24-17-31(24,21(4)34)32-29(36)27-15-25-18-33(27)30(37)26(20(2)3)16-28(35)38-13-8-6-7-10-22-11-9-12-23(14-22)19-39-25/h5,9,11-12,14,20,24-27H,1,6-8,10,13,15-19H2,2-4H3,(H,32,36)/t24-,25-,26+,27+,31+/m1/s1. The van der Waals surface area contributed by atoms with E-state index in [2.05, 4.69) is 24.0 Å². The molecule has 0 radical (unpaired) electrons. The van der Waals surface area contributed by atoms with Crippen molar-refractivity contribution in [3.8, 4) is 0 Å². The number of benzene rings is 1. The van der Waals surface area contributed by atoms with Gasteiger partial charge in [0.1, 0.15) is 11.6 Å². The molecule has 0 unspecified atom stereocenters. The molecule has 4 bridgehead atoms. The van der Waals surface area contributed by atoms with Crippen LogP contribution in [0.4, 0.5) is 0 Å². The van der Waals surface area contributed by atoms with Crippen molar-refractivity contribution in [3.63, 3.8) is 0 Å². The Morgan fingerprint density at radius 3 is 2.64 bits per heavy atom. The molecule has 5 atom stereocenters. The van der Waals surface area contributed by atoms with Crippen LogP contribution < -0.4 is 5.32 Å². The molecule has 2 aliphatic heterocycles. The lowest BCUT2D eigenvalue weighted by molar-refractivity contribution is -0.151. The van der Waals surface area contributed by atoms with E-state index in [1.165, 1.54) is 12.5 Å². The Kier molecular flexibility index (Phi) is 9.26. The number of Topliss-reactive ketones (excluding diaryl/α,β-unsaturated/α-hetero) is 1.